The molecule has 3 aromatic rings. The largest absolute Gasteiger partial charge is 0.378 e. The molecule has 0 saturated carbocycles. The molecule has 0 spiro atoms. The number of nitrogens with one attached hydrogen (secondary N) is 1. The summed E-state index contributed by atoms with van der Waals surface area (Å²) in [5, 5.41) is 12.3. The van der Waals surface area contributed by atoms with E-state index in [1.807, 2.05) is 73.8 Å². The summed E-state index contributed by atoms with van der Waals surface area (Å²) in [5.74, 6) is 0.941. The quantitative estimate of drug-likeness (QED) is 0.427. The summed E-state index contributed by atoms with van der Waals surface area (Å²) in [4.78, 5) is 14.5. The summed E-state index contributed by atoms with van der Waals surface area (Å²) in [6.07, 6.45) is 1.81. The van der Waals surface area contributed by atoms with Gasteiger partial charge >= 0.3 is 0 Å². The van der Waals surface area contributed by atoms with Crippen molar-refractivity contribution in [2.75, 3.05) is 30.1 Å². The molecular weight excluding hydrogens is 394 g/mol. The van der Waals surface area contributed by atoms with Crippen molar-refractivity contribution in [3.63, 3.8) is 0 Å². The normalized spacial score (nSPS) is 10.7. The van der Waals surface area contributed by atoms with Gasteiger partial charge in [-0.15, -0.1) is 16.8 Å². The highest BCUT2D eigenvalue weighted by Crippen LogP contribution is 2.26. The molecule has 0 aliphatic rings. The fourth-order valence-corrected chi connectivity index (χ4v) is 3.83. The van der Waals surface area contributed by atoms with Gasteiger partial charge in [-0.2, -0.15) is 0 Å². The molecule has 6 nitrogen and oxygen atoms in total. The van der Waals surface area contributed by atoms with Crippen molar-refractivity contribution in [3.8, 4) is 11.4 Å². The Morgan fingerprint density at radius 1 is 1.17 bits per heavy atom. The van der Waals surface area contributed by atoms with Crippen LogP contribution >= 0.6 is 11.8 Å². The van der Waals surface area contributed by atoms with E-state index in [0.717, 1.165) is 28.3 Å². The number of thioether (sulfide) groups is 1. The van der Waals surface area contributed by atoms with Gasteiger partial charge in [0.05, 0.1) is 5.75 Å². The van der Waals surface area contributed by atoms with Gasteiger partial charge in [0.25, 0.3) is 0 Å². The maximum absolute atomic E-state index is 12.5. The number of aryl methyl sites for hydroxylation is 2. The number of carbonyl (C=O) groups is 1. The Balaban J connectivity index is 1.73. The van der Waals surface area contributed by atoms with Crippen LogP contribution in [0.1, 0.15) is 11.1 Å². The van der Waals surface area contributed by atoms with E-state index in [1.54, 1.807) is 6.08 Å². The van der Waals surface area contributed by atoms with Crippen molar-refractivity contribution in [3.05, 3.63) is 66.2 Å². The van der Waals surface area contributed by atoms with Crippen LogP contribution in [0, 0.1) is 13.8 Å². The Labute approximate surface area is 182 Å². The third-order valence-electron chi connectivity index (χ3n) is 4.66. The Kier molecular flexibility index (Phi) is 6.95. The lowest BCUT2D eigenvalue weighted by Crippen LogP contribution is -2.15. The van der Waals surface area contributed by atoms with Gasteiger partial charge in [-0.25, -0.2) is 0 Å². The van der Waals surface area contributed by atoms with Gasteiger partial charge in [-0.05, 0) is 49.7 Å². The Morgan fingerprint density at radius 2 is 1.90 bits per heavy atom. The van der Waals surface area contributed by atoms with Gasteiger partial charge in [0.1, 0.15) is 0 Å². The zero-order valence-corrected chi connectivity index (χ0v) is 18.7. The molecule has 0 aliphatic heterocycles. The van der Waals surface area contributed by atoms with Crippen molar-refractivity contribution >= 4 is 29.0 Å². The second kappa shape index (κ2) is 9.63. The Bertz CT molecular complexity index is 1040. The Morgan fingerprint density at radius 3 is 2.53 bits per heavy atom. The predicted molar refractivity (Wildman–Crippen MR) is 125 cm³/mol. The van der Waals surface area contributed by atoms with Crippen molar-refractivity contribution in [1.29, 1.82) is 0 Å². The molecule has 1 aromatic heterocycles. The molecule has 0 atom stereocenters. The minimum absolute atomic E-state index is 0.0722. The third kappa shape index (κ3) is 5.10. The van der Waals surface area contributed by atoms with Gasteiger partial charge in [0, 0.05) is 37.6 Å². The summed E-state index contributed by atoms with van der Waals surface area (Å²) in [5.41, 5.74) is 5.14. The first-order chi connectivity index (χ1) is 14.4. The highest BCUT2D eigenvalue weighted by Gasteiger charge is 2.15. The molecule has 0 saturated heterocycles. The number of anilines is 2. The topological polar surface area (TPSA) is 63.1 Å². The molecule has 0 aliphatic carbocycles. The average molecular weight is 422 g/mol. The fourth-order valence-electron chi connectivity index (χ4n) is 3.08. The first kappa shape index (κ1) is 21.6. The molecule has 7 heteroatoms. The summed E-state index contributed by atoms with van der Waals surface area (Å²) in [6, 6.07) is 14.1. The monoisotopic (exact) mass is 421 g/mol. The van der Waals surface area contributed by atoms with Crippen LogP contribution in [0.4, 0.5) is 11.4 Å². The zero-order chi connectivity index (χ0) is 21.7. The first-order valence-corrected chi connectivity index (χ1v) is 10.7. The molecule has 156 valence electrons. The second-order valence-corrected chi connectivity index (χ2v) is 8.24. The van der Waals surface area contributed by atoms with Gasteiger partial charge in [-0.3, -0.25) is 9.36 Å². The molecule has 3 rings (SSSR count). The number of benzene rings is 2. The maximum Gasteiger partial charge on any atom is 0.234 e. The summed E-state index contributed by atoms with van der Waals surface area (Å²) in [7, 11) is 4.01. The molecule has 1 amide bonds. The number of allylic oxidation sites excluding steroid dienone is 1. The van der Waals surface area contributed by atoms with E-state index in [2.05, 4.69) is 28.2 Å². The minimum atomic E-state index is -0.0722. The van der Waals surface area contributed by atoms with Gasteiger partial charge in [0.2, 0.25) is 5.91 Å². The van der Waals surface area contributed by atoms with E-state index in [0.29, 0.717) is 11.7 Å². The van der Waals surface area contributed by atoms with E-state index in [1.165, 1.54) is 17.3 Å². The van der Waals surface area contributed by atoms with E-state index >= 15 is 0 Å². The van der Waals surface area contributed by atoms with Gasteiger partial charge < -0.3 is 10.2 Å². The van der Waals surface area contributed by atoms with Crippen LogP contribution in [-0.2, 0) is 11.3 Å². The predicted octanol–water partition coefficient (Wildman–Crippen LogP) is 4.54. The molecule has 1 heterocycles. The van der Waals surface area contributed by atoms with Crippen LogP contribution in [0.2, 0.25) is 0 Å². The maximum atomic E-state index is 12.5. The second-order valence-electron chi connectivity index (χ2n) is 7.30. The SMILES string of the molecule is C=CCn1c(SCC(=O)Nc2ccc(C)cc2C)nnc1-c1ccc(N(C)C)cc1. The van der Waals surface area contributed by atoms with Gasteiger partial charge in [-0.1, -0.05) is 35.5 Å². The highest BCUT2D eigenvalue weighted by atomic mass is 32.2. The van der Waals surface area contributed by atoms with E-state index in [9.17, 15) is 4.79 Å². The molecule has 0 unspecified atom stereocenters. The van der Waals surface area contributed by atoms with Crippen LogP contribution in [0.3, 0.4) is 0 Å². The van der Waals surface area contributed by atoms with Crippen molar-refractivity contribution in [1.82, 2.24) is 14.8 Å². The van der Waals surface area contributed by atoms with Crippen molar-refractivity contribution in [2.24, 2.45) is 0 Å². The lowest BCUT2D eigenvalue weighted by molar-refractivity contribution is -0.113. The number of rotatable bonds is 8. The van der Waals surface area contributed by atoms with Crippen molar-refractivity contribution < 1.29 is 4.79 Å². The number of nitrogens with zero attached hydrogens (tertiary/aromatic N) is 4. The van der Waals surface area contributed by atoms with Crippen LogP contribution in [0.5, 0.6) is 0 Å². The van der Waals surface area contributed by atoms with Crippen LogP contribution in [0.25, 0.3) is 11.4 Å². The first-order valence-electron chi connectivity index (χ1n) is 9.71. The van der Waals surface area contributed by atoms with Crippen molar-refractivity contribution in [2.45, 2.75) is 25.5 Å². The molecular formula is C23H27N5OS. The lowest BCUT2D eigenvalue weighted by Gasteiger charge is -2.13. The van der Waals surface area contributed by atoms with E-state index in [-0.39, 0.29) is 11.7 Å². The molecule has 30 heavy (non-hydrogen) atoms. The fraction of sp³-hybridized carbons (Fsp3) is 0.261. The molecule has 0 fully saturated rings. The van der Waals surface area contributed by atoms with Gasteiger partial charge in [0.15, 0.2) is 11.0 Å². The number of hydrogen-bond donors (Lipinski definition) is 1. The zero-order valence-electron chi connectivity index (χ0n) is 17.8. The number of amides is 1. The van der Waals surface area contributed by atoms with Crippen LogP contribution in [0.15, 0.2) is 60.3 Å². The standard InChI is InChI=1S/C23H27N5OS/c1-6-13-28-22(18-8-10-19(11-9-18)27(4)5)25-26-23(28)30-15-21(29)24-20-12-7-16(2)14-17(20)3/h6-12,14H,1,13,15H2,2-5H3,(H,24,29). The molecule has 1 N–H and O–H groups in total. The van der Waals surface area contributed by atoms with E-state index in [4.69, 9.17) is 0 Å². The molecule has 0 bridgehead atoms. The number of aromatic nitrogens is 3. The third-order valence-corrected chi connectivity index (χ3v) is 5.63. The average Bonchev–Trinajstić information content (AvgIpc) is 3.11. The Hall–Kier alpha value is -3.06. The number of carbonyl (C=O) groups excluding carboxylic acids is 1. The lowest BCUT2D eigenvalue weighted by atomic mass is 10.1. The summed E-state index contributed by atoms with van der Waals surface area (Å²) < 4.78 is 1.98. The van der Waals surface area contributed by atoms with E-state index < -0.39 is 0 Å². The minimum Gasteiger partial charge on any atom is -0.378 e. The molecule has 2 aromatic carbocycles. The number of hydrogen-bond acceptors (Lipinski definition) is 5. The smallest absolute Gasteiger partial charge is 0.234 e. The summed E-state index contributed by atoms with van der Waals surface area (Å²) >= 11 is 1.37. The molecule has 0 radical (unpaired) electrons. The van der Waals surface area contributed by atoms with Crippen LogP contribution < -0.4 is 10.2 Å². The van der Waals surface area contributed by atoms with Crippen LogP contribution in [-0.4, -0.2) is 40.5 Å². The summed E-state index contributed by atoms with van der Waals surface area (Å²) in [6.45, 7) is 8.44. The highest BCUT2D eigenvalue weighted by molar-refractivity contribution is 7.99.